The Morgan fingerprint density at radius 1 is 1.22 bits per heavy atom. The molecule has 0 aliphatic carbocycles. The smallest absolute Gasteiger partial charge is 0.305 e. The number of hydrogen-bond acceptors (Lipinski definition) is 5. The zero-order chi connectivity index (χ0) is 19.1. The lowest BCUT2D eigenvalue weighted by atomic mass is 9.94. The van der Waals surface area contributed by atoms with E-state index in [1.807, 2.05) is 29.2 Å². The van der Waals surface area contributed by atoms with Crippen LogP contribution in [-0.2, 0) is 16.1 Å². The number of carbonyl (C=O) groups is 2. The molecule has 0 radical (unpaired) electrons. The van der Waals surface area contributed by atoms with Crippen molar-refractivity contribution >= 4 is 11.9 Å². The third kappa shape index (κ3) is 5.06. The molecule has 1 aliphatic heterocycles. The number of pyridine rings is 1. The van der Waals surface area contributed by atoms with E-state index in [1.165, 1.54) is 7.11 Å². The standard InChI is InChI=1S/C21H24N2O4/c1-26-20(24)12-16-7-5-11-23(14-16)21(25)18-8-2-3-9-19(18)27-15-17-6-4-10-22-13-17/h2-4,6,8-10,13,16H,5,7,11-12,14-15H2,1H3. The molecule has 1 aliphatic rings. The molecule has 1 atom stereocenters. The highest BCUT2D eigenvalue weighted by Crippen LogP contribution is 2.25. The quantitative estimate of drug-likeness (QED) is 0.733. The summed E-state index contributed by atoms with van der Waals surface area (Å²) in [6, 6.07) is 11.1. The van der Waals surface area contributed by atoms with Crippen LogP contribution >= 0.6 is 0 Å². The van der Waals surface area contributed by atoms with Gasteiger partial charge in [0.25, 0.3) is 5.91 Å². The molecule has 0 bridgehead atoms. The minimum Gasteiger partial charge on any atom is -0.488 e. The Labute approximate surface area is 159 Å². The van der Waals surface area contributed by atoms with Gasteiger partial charge >= 0.3 is 5.97 Å². The average molecular weight is 368 g/mol. The molecule has 1 fully saturated rings. The van der Waals surface area contributed by atoms with Gasteiger partial charge in [-0.25, -0.2) is 0 Å². The molecular weight excluding hydrogens is 344 g/mol. The van der Waals surface area contributed by atoms with Crippen LogP contribution in [0.25, 0.3) is 0 Å². The summed E-state index contributed by atoms with van der Waals surface area (Å²) in [7, 11) is 1.39. The lowest BCUT2D eigenvalue weighted by molar-refractivity contribution is -0.142. The second-order valence-electron chi connectivity index (χ2n) is 6.69. The third-order valence-corrected chi connectivity index (χ3v) is 4.72. The van der Waals surface area contributed by atoms with Crippen LogP contribution in [0.5, 0.6) is 5.75 Å². The number of piperidine rings is 1. The van der Waals surface area contributed by atoms with Gasteiger partial charge in [-0.05, 0) is 37.0 Å². The Kier molecular flexibility index (Phi) is 6.41. The number of nitrogens with zero attached hydrogens (tertiary/aromatic N) is 2. The van der Waals surface area contributed by atoms with Crippen molar-refractivity contribution in [2.75, 3.05) is 20.2 Å². The highest BCUT2D eigenvalue weighted by Gasteiger charge is 2.27. The first-order chi connectivity index (χ1) is 13.2. The van der Waals surface area contributed by atoms with E-state index in [1.54, 1.807) is 24.5 Å². The van der Waals surface area contributed by atoms with E-state index in [9.17, 15) is 9.59 Å². The molecule has 6 nitrogen and oxygen atoms in total. The highest BCUT2D eigenvalue weighted by molar-refractivity contribution is 5.97. The first-order valence-corrected chi connectivity index (χ1v) is 9.14. The molecule has 2 heterocycles. The third-order valence-electron chi connectivity index (χ3n) is 4.72. The van der Waals surface area contributed by atoms with E-state index in [2.05, 4.69) is 4.98 Å². The number of carbonyl (C=O) groups excluding carboxylic acids is 2. The van der Waals surface area contributed by atoms with E-state index in [4.69, 9.17) is 9.47 Å². The van der Waals surface area contributed by atoms with Crippen molar-refractivity contribution in [3.05, 3.63) is 59.9 Å². The molecule has 0 N–H and O–H groups in total. The van der Waals surface area contributed by atoms with E-state index in [0.717, 1.165) is 18.4 Å². The van der Waals surface area contributed by atoms with Crippen molar-refractivity contribution in [3.8, 4) is 5.75 Å². The average Bonchev–Trinajstić information content (AvgIpc) is 2.73. The Bertz CT molecular complexity index is 779. The van der Waals surface area contributed by atoms with E-state index < -0.39 is 0 Å². The van der Waals surface area contributed by atoms with Crippen LogP contribution < -0.4 is 4.74 Å². The van der Waals surface area contributed by atoms with Gasteiger partial charge in [0.2, 0.25) is 0 Å². The molecule has 142 valence electrons. The Hall–Kier alpha value is -2.89. The van der Waals surface area contributed by atoms with Crippen molar-refractivity contribution in [3.63, 3.8) is 0 Å². The van der Waals surface area contributed by atoms with Gasteiger partial charge in [0.05, 0.1) is 12.7 Å². The van der Waals surface area contributed by atoms with Crippen LogP contribution in [0, 0.1) is 5.92 Å². The van der Waals surface area contributed by atoms with Crippen molar-refractivity contribution in [1.82, 2.24) is 9.88 Å². The number of rotatable bonds is 6. The topological polar surface area (TPSA) is 68.7 Å². The number of esters is 1. The molecule has 0 spiro atoms. The molecule has 27 heavy (non-hydrogen) atoms. The van der Waals surface area contributed by atoms with E-state index >= 15 is 0 Å². The highest BCUT2D eigenvalue weighted by atomic mass is 16.5. The SMILES string of the molecule is COC(=O)CC1CCCN(C(=O)c2ccccc2OCc2cccnc2)C1. The molecule has 1 unspecified atom stereocenters. The van der Waals surface area contributed by atoms with Crippen LogP contribution in [0.1, 0.15) is 35.2 Å². The van der Waals surface area contributed by atoms with Crippen LogP contribution in [0.15, 0.2) is 48.8 Å². The molecule has 0 saturated carbocycles. The number of hydrogen-bond donors (Lipinski definition) is 0. The molecule has 3 rings (SSSR count). The van der Waals surface area contributed by atoms with Gasteiger partial charge in [-0.3, -0.25) is 14.6 Å². The van der Waals surface area contributed by atoms with Crippen LogP contribution in [0.2, 0.25) is 0 Å². The van der Waals surface area contributed by atoms with Crippen LogP contribution in [0.3, 0.4) is 0 Å². The van der Waals surface area contributed by atoms with Gasteiger partial charge < -0.3 is 14.4 Å². The fourth-order valence-electron chi connectivity index (χ4n) is 3.32. The summed E-state index contributed by atoms with van der Waals surface area (Å²) in [6.07, 6.45) is 5.61. The largest absolute Gasteiger partial charge is 0.488 e. The second kappa shape index (κ2) is 9.16. The van der Waals surface area contributed by atoms with Crippen LogP contribution in [-0.4, -0.2) is 42.0 Å². The number of aromatic nitrogens is 1. The fourth-order valence-corrected chi connectivity index (χ4v) is 3.32. The summed E-state index contributed by atoms with van der Waals surface area (Å²) < 4.78 is 10.6. The lowest BCUT2D eigenvalue weighted by Crippen LogP contribution is -2.40. The molecular formula is C21H24N2O4. The van der Waals surface area contributed by atoms with E-state index in [-0.39, 0.29) is 17.8 Å². The molecule has 1 saturated heterocycles. The van der Waals surface area contributed by atoms with Crippen molar-refractivity contribution < 1.29 is 19.1 Å². The second-order valence-corrected chi connectivity index (χ2v) is 6.69. The summed E-state index contributed by atoms with van der Waals surface area (Å²) >= 11 is 0. The van der Waals surface area contributed by atoms with Gasteiger partial charge in [0.1, 0.15) is 12.4 Å². The van der Waals surface area contributed by atoms with Crippen LogP contribution in [0.4, 0.5) is 0 Å². The number of amides is 1. The van der Waals surface area contributed by atoms with Gasteiger partial charge in [0.15, 0.2) is 0 Å². The monoisotopic (exact) mass is 368 g/mol. The minimum absolute atomic E-state index is 0.0636. The van der Waals surface area contributed by atoms with Gasteiger partial charge in [-0.15, -0.1) is 0 Å². The van der Waals surface area contributed by atoms with E-state index in [0.29, 0.717) is 37.4 Å². The van der Waals surface area contributed by atoms with Crippen molar-refractivity contribution in [2.24, 2.45) is 5.92 Å². The number of methoxy groups -OCH3 is 1. The summed E-state index contributed by atoms with van der Waals surface area (Å²) in [4.78, 5) is 30.5. The molecule has 6 heteroatoms. The Morgan fingerprint density at radius 2 is 2.07 bits per heavy atom. The maximum Gasteiger partial charge on any atom is 0.305 e. The van der Waals surface area contributed by atoms with Crippen molar-refractivity contribution in [1.29, 1.82) is 0 Å². The zero-order valence-electron chi connectivity index (χ0n) is 15.5. The predicted molar refractivity (Wildman–Crippen MR) is 100 cm³/mol. The Morgan fingerprint density at radius 3 is 2.85 bits per heavy atom. The predicted octanol–water partition coefficient (Wildman–Crippen LogP) is 3.08. The number of para-hydroxylation sites is 1. The number of likely N-dealkylation sites (tertiary alicyclic amines) is 1. The molecule has 1 aromatic heterocycles. The maximum atomic E-state index is 13.1. The molecule has 2 aromatic rings. The summed E-state index contributed by atoms with van der Waals surface area (Å²) in [5, 5.41) is 0. The molecule has 1 amide bonds. The Balaban J connectivity index is 1.68. The minimum atomic E-state index is -0.227. The normalized spacial score (nSPS) is 16.6. The first kappa shape index (κ1) is 18.9. The summed E-state index contributed by atoms with van der Waals surface area (Å²) in [5.74, 6) is 0.404. The summed E-state index contributed by atoms with van der Waals surface area (Å²) in [5.41, 5.74) is 1.48. The van der Waals surface area contributed by atoms with Gasteiger partial charge in [-0.1, -0.05) is 18.2 Å². The molecule has 1 aromatic carbocycles. The fraction of sp³-hybridized carbons (Fsp3) is 0.381. The summed E-state index contributed by atoms with van der Waals surface area (Å²) in [6.45, 7) is 1.60. The zero-order valence-corrected chi connectivity index (χ0v) is 15.5. The lowest BCUT2D eigenvalue weighted by Gasteiger charge is -2.32. The maximum absolute atomic E-state index is 13.1. The van der Waals surface area contributed by atoms with Crippen molar-refractivity contribution in [2.45, 2.75) is 25.9 Å². The first-order valence-electron chi connectivity index (χ1n) is 9.14. The van der Waals surface area contributed by atoms with Gasteiger partial charge in [0, 0.05) is 37.5 Å². The van der Waals surface area contributed by atoms with Gasteiger partial charge in [-0.2, -0.15) is 0 Å². The number of ether oxygens (including phenoxy) is 2. The number of benzene rings is 1.